The zero-order chi connectivity index (χ0) is 34.6. The second-order valence-electron chi connectivity index (χ2n) is 15.8. The van der Waals surface area contributed by atoms with Gasteiger partial charge in [0.15, 0.2) is 23.0 Å². The molecule has 4 aliphatic carbocycles. The van der Waals surface area contributed by atoms with Gasteiger partial charge in [0, 0.05) is 45.9 Å². The molecule has 2 N–H and O–H groups in total. The molecule has 10 nitrogen and oxygen atoms in total. The number of ether oxygens (including phenoxy) is 4. The first-order valence-corrected chi connectivity index (χ1v) is 18.8. The summed E-state index contributed by atoms with van der Waals surface area (Å²) >= 11 is 1.01. The van der Waals surface area contributed by atoms with Crippen LogP contribution in [0.1, 0.15) is 54.4 Å². The molecule has 1 aromatic heterocycles. The lowest BCUT2D eigenvalue weighted by molar-refractivity contribution is -0.0453. The third kappa shape index (κ3) is 3.80. The number of benzene rings is 2. The lowest BCUT2D eigenvalue weighted by atomic mass is 9.53. The number of aliphatic hydroxyl groups is 2. The van der Waals surface area contributed by atoms with Crippen LogP contribution in [0.2, 0.25) is 0 Å². The van der Waals surface area contributed by atoms with Crippen LogP contribution in [0, 0.1) is 11.8 Å². The highest BCUT2D eigenvalue weighted by atomic mass is 32.1. The van der Waals surface area contributed by atoms with E-state index < -0.39 is 36.4 Å². The van der Waals surface area contributed by atoms with E-state index in [1.54, 1.807) is 24.3 Å². The molecular weight excluding hydrogens is 669 g/mol. The molecule has 11 heteroatoms. The molecule has 0 saturated carbocycles. The number of rotatable bonds is 4. The van der Waals surface area contributed by atoms with Crippen LogP contribution >= 0.6 is 11.3 Å². The van der Waals surface area contributed by atoms with E-state index in [9.17, 15) is 19.8 Å². The Morgan fingerprint density at radius 1 is 0.706 bits per heavy atom. The van der Waals surface area contributed by atoms with Crippen LogP contribution in [0.3, 0.4) is 0 Å². The molecular formula is C40H38N2O8S. The fourth-order valence-corrected chi connectivity index (χ4v) is 12.2. The van der Waals surface area contributed by atoms with E-state index in [1.165, 1.54) is 11.1 Å². The highest BCUT2D eigenvalue weighted by molar-refractivity contribution is 7.15. The van der Waals surface area contributed by atoms with E-state index in [1.807, 2.05) is 24.3 Å². The van der Waals surface area contributed by atoms with Crippen molar-refractivity contribution in [2.75, 3.05) is 27.2 Å². The van der Waals surface area contributed by atoms with Crippen molar-refractivity contribution < 1.29 is 38.7 Å². The molecule has 2 saturated heterocycles. The number of nitrogens with zero attached hydrogens (tertiary/aromatic N) is 2. The normalized spacial score (nSPS) is 37.3. The predicted octanol–water partition coefficient (Wildman–Crippen LogP) is 3.80. The van der Waals surface area contributed by atoms with Crippen LogP contribution in [0.4, 0.5) is 0 Å². The molecule has 8 aliphatic rings. The van der Waals surface area contributed by atoms with Gasteiger partial charge in [-0.15, -0.1) is 11.3 Å². The van der Waals surface area contributed by atoms with Crippen LogP contribution in [0.25, 0.3) is 0 Å². The maximum Gasteiger partial charge on any atom is 0.353 e. The molecule has 11 rings (SSSR count). The summed E-state index contributed by atoms with van der Waals surface area (Å²) in [6.07, 6.45) is 9.05. The highest BCUT2D eigenvalue weighted by Gasteiger charge is 2.65. The second kappa shape index (κ2) is 10.3. The Morgan fingerprint density at radius 2 is 1.16 bits per heavy atom. The molecule has 0 amide bonds. The van der Waals surface area contributed by atoms with E-state index in [2.05, 4.69) is 36.0 Å². The summed E-state index contributed by atoms with van der Waals surface area (Å²) in [6, 6.07) is 11.4. The number of carbonyl (C=O) groups is 2. The van der Waals surface area contributed by atoms with Crippen molar-refractivity contribution >= 4 is 23.3 Å². The highest BCUT2D eigenvalue weighted by Crippen LogP contribution is 2.64. The van der Waals surface area contributed by atoms with Gasteiger partial charge in [0.1, 0.15) is 34.2 Å². The number of hydrogen-bond donors (Lipinski definition) is 2. The number of thiophene rings is 1. The Kier molecular flexibility index (Phi) is 6.19. The number of aliphatic hydroxyl groups excluding tert-OH is 2. The molecule has 2 aromatic carbocycles. The van der Waals surface area contributed by atoms with E-state index >= 15 is 0 Å². The Morgan fingerprint density at radius 3 is 1.61 bits per heavy atom. The van der Waals surface area contributed by atoms with Crippen LogP contribution in [-0.4, -0.2) is 95.6 Å². The van der Waals surface area contributed by atoms with Crippen molar-refractivity contribution in [3.8, 4) is 23.0 Å². The Bertz CT molecular complexity index is 1980. The van der Waals surface area contributed by atoms with E-state index in [0.29, 0.717) is 35.1 Å². The molecule has 3 aromatic rings. The molecule has 10 atom stereocenters. The minimum absolute atomic E-state index is 0.203. The average Bonchev–Trinajstić information content (AvgIpc) is 3.85. The first-order chi connectivity index (χ1) is 24.7. The third-order valence-corrected chi connectivity index (χ3v) is 14.7. The van der Waals surface area contributed by atoms with Crippen LogP contribution < -0.4 is 18.9 Å². The van der Waals surface area contributed by atoms with Gasteiger partial charge >= 0.3 is 11.9 Å². The lowest BCUT2D eigenvalue weighted by Crippen LogP contribution is -2.64. The fourth-order valence-electron chi connectivity index (χ4n) is 11.5. The monoisotopic (exact) mass is 706 g/mol. The van der Waals surface area contributed by atoms with Crippen molar-refractivity contribution in [2.24, 2.45) is 11.8 Å². The number of carbonyl (C=O) groups excluding carboxylic acids is 2. The molecule has 262 valence electrons. The Hall–Kier alpha value is -4.00. The van der Waals surface area contributed by atoms with Gasteiger partial charge in [-0.2, -0.15) is 0 Å². The maximum absolute atomic E-state index is 13.6. The van der Waals surface area contributed by atoms with E-state index in [4.69, 9.17) is 18.9 Å². The Balaban J connectivity index is 0.866. The summed E-state index contributed by atoms with van der Waals surface area (Å²) in [6.45, 7) is 1.80. The number of esters is 2. The summed E-state index contributed by atoms with van der Waals surface area (Å²) in [5, 5.41) is 22.1. The van der Waals surface area contributed by atoms with Gasteiger partial charge in [0.2, 0.25) is 0 Å². The zero-order valence-corrected chi connectivity index (χ0v) is 29.1. The zero-order valence-electron chi connectivity index (χ0n) is 28.3. The van der Waals surface area contributed by atoms with Gasteiger partial charge in [-0.25, -0.2) is 9.59 Å². The second-order valence-corrected chi connectivity index (χ2v) is 16.8. The first-order valence-electron chi connectivity index (χ1n) is 18.0. The minimum atomic E-state index is -0.753. The van der Waals surface area contributed by atoms with Crippen molar-refractivity contribution in [3.05, 3.63) is 92.7 Å². The summed E-state index contributed by atoms with van der Waals surface area (Å²) in [4.78, 5) is 32.5. The van der Waals surface area contributed by atoms with Crippen molar-refractivity contribution in [1.82, 2.24) is 9.80 Å². The van der Waals surface area contributed by atoms with Gasteiger partial charge in [-0.3, -0.25) is 0 Å². The van der Waals surface area contributed by atoms with Crippen molar-refractivity contribution in [1.29, 1.82) is 0 Å². The molecule has 0 radical (unpaired) electrons. The summed E-state index contributed by atoms with van der Waals surface area (Å²) in [7, 11) is 4.33. The average molecular weight is 707 g/mol. The molecule has 2 spiro atoms. The topological polar surface area (TPSA) is 118 Å². The minimum Gasteiger partial charge on any atom is -0.482 e. The predicted molar refractivity (Wildman–Crippen MR) is 186 cm³/mol. The van der Waals surface area contributed by atoms with Crippen LogP contribution in [-0.2, 0) is 23.7 Å². The largest absolute Gasteiger partial charge is 0.482 e. The number of piperidine rings is 2. The smallest absolute Gasteiger partial charge is 0.353 e. The van der Waals surface area contributed by atoms with Crippen molar-refractivity contribution in [3.63, 3.8) is 0 Å². The summed E-state index contributed by atoms with van der Waals surface area (Å²) < 4.78 is 25.0. The fraction of sp³-hybridized carbons (Fsp3) is 0.450. The van der Waals surface area contributed by atoms with Crippen LogP contribution in [0.5, 0.6) is 23.0 Å². The van der Waals surface area contributed by atoms with Gasteiger partial charge in [-0.05, 0) is 88.3 Å². The third-order valence-electron chi connectivity index (χ3n) is 13.7. The van der Waals surface area contributed by atoms with Gasteiger partial charge in [-0.1, -0.05) is 36.4 Å². The SMILES string of the molecule is CN1CC[C@]23c4c5ccc(OC(=O)c6ccc(C(=O)Oc7ccc8c9c7O[C@H]7[C@@H](O)C=CC%10[C@@H](C8)N(C)CC[C@@]9%107)s6)c4O[C@H]2[C@@H](O)C=CC3[C@H]1C5. The van der Waals surface area contributed by atoms with E-state index in [0.717, 1.165) is 61.2 Å². The summed E-state index contributed by atoms with van der Waals surface area (Å²) in [5.74, 6) is 0.948. The van der Waals surface area contributed by atoms with Crippen LogP contribution in [0.15, 0.2) is 60.7 Å². The van der Waals surface area contributed by atoms with Crippen molar-refractivity contribution in [2.45, 2.75) is 73.0 Å². The number of hydrogen-bond acceptors (Lipinski definition) is 11. The standard InChI is InChI=1S/C40H38N2O8S/c1-41-15-13-39-21-5-7-25(43)35(39)49-33-27(9-3-19(31(33)39)17-23(21)41)47-37(45)29-11-12-30(51-29)38(46)48-28-10-4-20-18-24-22-6-8-26(44)36-40(22,14-16-42(24)2)32(20)34(28)50-36/h3-12,21-26,35-36,43-44H,13-18H2,1-2H3/t21?,22?,23-,24-,25+,26+,35+,36+,39+,40+/m1/s1. The summed E-state index contributed by atoms with van der Waals surface area (Å²) in [5.41, 5.74) is 3.76. The molecule has 4 aliphatic heterocycles. The molecule has 4 bridgehead atoms. The quantitative estimate of drug-likeness (QED) is 0.236. The maximum atomic E-state index is 13.6. The molecule has 5 heterocycles. The number of likely N-dealkylation sites (tertiary alicyclic amines) is 2. The Labute approximate surface area is 298 Å². The van der Waals surface area contributed by atoms with E-state index in [-0.39, 0.29) is 32.4 Å². The molecule has 2 unspecified atom stereocenters. The molecule has 2 fully saturated rings. The van der Waals surface area contributed by atoms with Gasteiger partial charge in [0.05, 0.1) is 0 Å². The molecule has 51 heavy (non-hydrogen) atoms. The lowest BCUT2D eigenvalue weighted by Gasteiger charge is -2.56. The van der Waals surface area contributed by atoms with Gasteiger partial charge in [0.25, 0.3) is 0 Å². The first kappa shape index (κ1) is 30.6. The number of likely N-dealkylation sites (N-methyl/N-ethyl adjacent to an activating group) is 2. The van der Waals surface area contributed by atoms with Gasteiger partial charge < -0.3 is 39.0 Å².